The molecule has 1 amide bonds. The minimum Gasteiger partial charge on any atom is -0.508 e. The first kappa shape index (κ1) is 14.4. The van der Waals surface area contributed by atoms with Gasteiger partial charge in [0.15, 0.2) is 0 Å². The van der Waals surface area contributed by atoms with E-state index < -0.39 is 0 Å². The number of hydrogen-bond donors (Lipinski definition) is 1. The van der Waals surface area contributed by atoms with Crippen molar-refractivity contribution in [1.82, 2.24) is 4.90 Å². The normalized spacial score (nSPS) is 14.8. The summed E-state index contributed by atoms with van der Waals surface area (Å²) in [7, 11) is 0. The molecule has 3 rings (SSSR count). The molecule has 2 aromatic carbocycles. The fraction of sp³-hybridized carbons (Fsp3) is 0.211. The molecule has 0 aliphatic carbocycles. The second-order valence-corrected chi connectivity index (χ2v) is 5.71. The summed E-state index contributed by atoms with van der Waals surface area (Å²) in [6, 6.07) is 17.2. The number of hydrogen-bond acceptors (Lipinski definition) is 2. The molecule has 112 valence electrons. The van der Waals surface area contributed by atoms with Gasteiger partial charge in [-0.05, 0) is 29.7 Å². The van der Waals surface area contributed by atoms with Crippen LogP contribution in [0.3, 0.4) is 0 Å². The lowest BCUT2D eigenvalue weighted by atomic mass is 10.0. The van der Waals surface area contributed by atoms with Gasteiger partial charge in [-0.3, -0.25) is 4.79 Å². The maximum Gasteiger partial charge on any atom is 0.250 e. The molecule has 0 aromatic heterocycles. The maximum absolute atomic E-state index is 12.6. The van der Waals surface area contributed by atoms with Crippen LogP contribution in [0, 0.1) is 0 Å². The number of aromatic hydroxyl groups is 1. The topological polar surface area (TPSA) is 40.5 Å². The maximum atomic E-state index is 12.6. The Morgan fingerprint density at radius 1 is 1.05 bits per heavy atom. The van der Waals surface area contributed by atoms with Gasteiger partial charge in [0, 0.05) is 25.1 Å². The molecule has 0 radical (unpaired) electrons. The van der Waals surface area contributed by atoms with E-state index >= 15 is 0 Å². The highest BCUT2D eigenvalue weighted by atomic mass is 16.3. The molecule has 1 aliphatic heterocycles. The fourth-order valence-corrected chi connectivity index (χ4v) is 2.84. The summed E-state index contributed by atoms with van der Waals surface area (Å²) in [6.07, 6.45) is 0.489. The smallest absolute Gasteiger partial charge is 0.250 e. The number of phenolic OH excluding ortho intramolecular Hbond substituents is 1. The van der Waals surface area contributed by atoms with Crippen molar-refractivity contribution < 1.29 is 9.90 Å². The van der Waals surface area contributed by atoms with Gasteiger partial charge in [-0.2, -0.15) is 0 Å². The first-order valence-electron chi connectivity index (χ1n) is 7.44. The number of benzene rings is 2. The lowest BCUT2D eigenvalue weighted by molar-refractivity contribution is -0.126. The van der Waals surface area contributed by atoms with E-state index in [1.807, 2.05) is 54.3 Å². The summed E-state index contributed by atoms with van der Waals surface area (Å²) in [5, 5.41) is 9.90. The van der Waals surface area contributed by atoms with E-state index in [9.17, 15) is 9.90 Å². The monoisotopic (exact) mass is 293 g/mol. The van der Waals surface area contributed by atoms with Gasteiger partial charge in [0.05, 0.1) is 0 Å². The summed E-state index contributed by atoms with van der Waals surface area (Å²) < 4.78 is 0. The molecule has 0 saturated heterocycles. The minimum atomic E-state index is 0.0737. The molecule has 3 heteroatoms. The van der Waals surface area contributed by atoms with Gasteiger partial charge in [0.1, 0.15) is 5.75 Å². The molecule has 1 N–H and O–H groups in total. The van der Waals surface area contributed by atoms with Crippen molar-refractivity contribution in [2.45, 2.75) is 19.9 Å². The first-order valence-corrected chi connectivity index (χ1v) is 7.44. The highest BCUT2D eigenvalue weighted by Gasteiger charge is 2.28. The molecule has 0 saturated carbocycles. The number of carbonyl (C=O) groups excluding carboxylic acids is 1. The Morgan fingerprint density at radius 3 is 2.45 bits per heavy atom. The van der Waals surface area contributed by atoms with Crippen LogP contribution in [-0.2, 0) is 17.8 Å². The molecule has 1 aliphatic rings. The summed E-state index contributed by atoms with van der Waals surface area (Å²) in [5.74, 6) is 0.321. The number of nitrogens with zero attached hydrogens (tertiary/aromatic N) is 1. The molecule has 0 atom stereocenters. The van der Waals surface area contributed by atoms with E-state index in [-0.39, 0.29) is 11.7 Å². The van der Waals surface area contributed by atoms with E-state index in [0.29, 0.717) is 19.5 Å². The van der Waals surface area contributed by atoms with Crippen molar-refractivity contribution in [2.24, 2.45) is 0 Å². The summed E-state index contributed by atoms with van der Waals surface area (Å²) in [6.45, 7) is 3.29. The van der Waals surface area contributed by atoms with Gasteiger partial charge in [0.2, 0.25) is 0 Å². The third-order valence-electron chi connectivity index (χ3n) is 4.06. The first-order chi connectivity index (χ1) is 10.6. The molecule has 22 heavy (non-hydrogen) atoms. The Labute approximate surface area is 130 Å². The molecule has 0 spiro atoms. The minimum absolute atomic E-state index is 0.0737. The third-order valence-corrected chi connectivity index (χ3v) is 4.06. The number of para-hydroxylation sites is 1. The van der Waals surface area contributed by atoms with Crippen molar-refractivity contribution in [3.63, 3.8) is 0 Å². The van der Waals surface area contributed by atoms with E-state index in [1.165, 1.54) is 0 Å². The Balaban J connectivity index is 1.75. The highest BCUT2D eigenvalue weighted by molar-refractivity contribution is 5.97. The SMILES string of the molecule is CC1=C(Cc2ccccc2O)C(=O)N(Cc2ccccc2)C1. The lowest BCUT2D eigenvalue weighted by Gasteiger charge is -2.17. The molecular formula is C19H19NO2. The molecule has 2 aromatic rings. The van der Waals surface area contributed by atoms with Crippen molar-refractivity contribution in [3.8, 4) is 5.75 Å². The van der Waals surface area contributed by atoms with E-state index in [4.69, 9.17) is 0 Å². The van der Waals surface area contributed by atoms with E-state index in [2.05, 4.69) is 0 Å². The zero-order chi connectivity index (χ0) is 15.5. The number of rotatable bonds is 4. The van der Waals surface area contributed by atoms with Crippen LogP contribution >= 0.6 is 0 Å². The zero-order valence-corrected chi connectivity index (χ0v) is 12.6. The second kappa shape index (κ2) is 6.06. The van der Waals surface area contributed by atoms with E-state index in [1.54, 1.807) is 12.1 Å². The predicted octanol–water partition coefficient (Wildman–Crippen LogP) is 3.29. The molecule has 0 fully saturated rings. The van der Waals surface area contributed by atoms with Gasteiger partial charge in [-0.15, -0.1) is 0 Å². The second-order valence-electron chi connectivity index (χ2n) is 5.71. The highest BCUT2D eigenvalue weighted by Crippen LogP contribution is 2.27. The Kier molecular flexibility index (Phi) is 3.96. The third kappa shape index (κ3) is 2.89. The van der Waals surface area contributed by atoms with E-state index in [0.717, 1.165) is 22.3 Å². The van der Waals surface area contributed by atoms with Crippen LogP contribution in [0.2, 0.25) is 0 Å². The van der Waals surface area contributed by atoms with Crippen molar-refractivity contribution in [1.29, 1.82) is 0 Å². The van der Waals surface area contributed by atoms with Crippen LogP contribution in [-0.4, -0.2) is 22.5 Å². The van der Waals surface area contributed by atoms with Crippen LogP contribution in [0.15, 0.2) is 65.7 Å². The van der Waals surface area contributed by atoms with Crippen LogP contribution < -0.4 is 0 Å². The Hall–Kier alpha value is -2.55. The van der Waals surface area contributed by atoms with Crippen LogP contribution in [0.1, 0.15) is 18.1 Å². The lowest BCUT2D eigenvalue weighted by Crippen LogP contribution is -2.27. The molecule has 3 nitrogen and oxygen atoms in total. The van der Waals surface area contributed by atoms with Gasteiger partial charge in [-0.25, -0.2) is 0 Å². The number of phenols is 1. The molecule has 1 heterocycles. The predicted molar refractivity (Wildman–Crippen MR) is 86.4 cm³/mol. The van der Waals surface area contributed by atoms with Gasteiger partial charge in [0.25, 0.3) is 5.91 Å². The molecule has 0 bridgehead atoms. The Bertz CT molecular complexity index is 719. The average Bonchev–Trinajstić information content (AvgIpc) is 2.78. The molecular weight excluding hydrogens is 274 g/mol. The Morgan fingerprint density at radius 2 is 1.73 bits per heavy atom. The largest absolute Gasteiger partial charge is 0.508 e. The van der Waals surface area contributed by atoms with Crippen LogP contribution in [0.5, 0.6) is 5.75 Å². The van der Waals surface area contributed by atoms with Gasteiger partial charge in [-0.1, -0.05) is 48.5 Å². The fourth-order valence-electron chi connectivity index (χ4n) is 2.84. The van der Waals surface area contributed by atoms with Gasteiger partial charge < -0.3 is 10.0 Å². The quantitative estimate of drug-likeness (QED) is 0.939. The summed E-state index contributed by atoms with van der Waals surface area (Å²) >= 11 is 0. The zero-order valence-electron chi connectivity index (χ0n) is 12.6. The molecule has 0 unspecified atom stereocenters. The van der Waals surface area contributed by atoms with Crippen molar-refractivity contribution in [3.05, 3.63) is 76.9 Å². The number of carbonyl (C=O) groups is 1. The summed E-state index contributed by atoms with van der Waals surface area (Å²) in [4.78, 5) is 14.5. The van der Waals surface area contributed by atoms with Crippen LogP contribution in [0.4, 0.5) is 0 Å². The van der Waals surface area contributed by atoms with Crippen LogP contribution in [0.25, 0.3) is 0 Å². The standard InChI is InChI=1S/C19H19NO2/c1-14-12-20(13-15-7-3-2-4-8-15)19(22)17(14)11-16-9-5-6-10-18(16)21/h2-10,21H,11-13H2,1H3. The average molecular weight is 293 g/mol. The van der Waals surface area contributed by atoms with Crippen molar-refractivity contribution in [2.75, 3.05) is 6.54 Å². The van der Waals surface area contributed by atoms with Crippen molar-refractivity contribution >= 4 is 5.91 Å². The summed E-state index contributed by atoms with van der Waals surface area (Å²) in [5.41, 5.74) is 3.82. The number of amides is 1. The van der Waals surface area contributed by atoms with Gasteiger partial charge >= 0.3 is 0 Å².